The minimum absolute atomic E-state index is 0.0351. The molecule has 1 aliphatic heterocycles. The third-order valence-electron chi connectivity index (χ3n) is 3.80. The lowest BCUT2D eigenvalue weighted by Gasteiger charge is -2.17. The highest BCUT2D eigenvalue weighted by Crippen LogP contribution is 2.27. The summed E-state index contributed by atoms with van der Waals surface area (Å²) >= 11 is 0. The van der Waals surface area contributed by atoms with Gasteiger partial charge >= 0.3 is 0 Å². The topological polar surface area (TPSA) is 92.8 Å². The second-order valence-corrected chi connectivity index (χ2v) is 9.02. The van der Waals surface area contributed by atoms with Crippen molar-refractivity contribution < 1.29 is 26.0 Å². The van der Waals surface area contributed by atoms with Crippen LogP contribution < -0.4 is 9.46 Å². The van der Waals surface area contributed by atoms with Crippen LogP contribution in [0.5, 0.6) is 5.75 Å². The van der Waals surface area contributed by atoms with Crippen LogP contribution in [-0.2, 0) is 20.0 Å². The Morgan fingerprint density at radius 2 is 2.12 bits per heavy atom. The molecule has 0 spiro atoms. The smallest absolute Gasteiger partial charge is 0.243 e. The maximum atomic E-state index is 13.7. The molecule has 1 atom stereocenters. The predicted octanol–water partition coefficient (Wildman–Crippen LogP) is 0.908. The van der Waals surface area contributed by atoms with Crippen molar-refractivity contribution in [2.24, 2.45) is 5.92 Å². The van der Waals surface area contributed by atoms with Crippen molar-refractivity contribution in [3.8, 4) is 5.75 Å². The van der Waals surface area contributed by atoms with Gasteiger partial charge in [-0.2, -0.15) is 4.31 Å². The van der Waals surface area contributed by atoms with Crippen LogP contribution in [0.15, 0.2) is 35.1 Å². The number of hydrogen-bond acceptors (Lipinski definition) is 5. The van der Waals surface area contributed by atoms with Crippen molar-refractivity contribution in [1.29, 1.82) is 0 Å². The van der Waals surface area contributed by atoms with Crippen molar-refractivity contribution in [3.63, 3.8) is 0 Å². The van der Waals surface area contributed by atoms with E-state index in [4.69, 9.17) is 4.74 Å². The zero-order valence-corrected chi connectivity index (χ0v) is 14.7. The molecule has 1 N–H and O–H groups in total. The van der Waals surface area contributed by atoms with Crippen LogP contribution in [0.25, 0.3) is 0 Å². The minimum atomic E-state index is -3.84. The molecule has 1 aromatic carbocycles. The van der Waals surface area contributed by atoms with Crippen LogP contribution in [0.1, 0.15) is 6.42 Å². The Labute approximate surface area is 141 Å². The molecule has 1 unspecified atom stereocenters. The summed E-state index contributed by atoms with van der Waals surface area (Å²) < 4.78 is 69.9. The molecule has 7 nitrogen and oxygen atoms in total. The molecule has 0 aliphatic carbocycles. The maximum Gasteiger partial charge on any atom is 0.243 e. The van der Waals surface area contributed by atoms with Crippen LogP contribution in [0.4, 0.5) is 4.39 Å². The number of sulfonamides is 2. The van der Waals surface area contributed by atoms with Gasteiger partial charge in [-0.25, -0.2) is 25.9 Å². The zero-order chi connectivity index (χ0) is 18.0. The van der Waals surface area contributed by atoms with Crippen molar-refractivity contribution in [2.45, 2.75) is 11.3 Å². The van der Waals surface area contributed by atoms with Gasteiger partial charge in [-0.15, -0.1) is 0 Å². The van der Waals surface area contributed by atoms with Crippen molar-refractivity contribution in [1.82, 2.24) is 9.03 Å². The molecule has 1 saturated heterocycles. The van der Waals surface area contributed by atoms with Gasteiger partial charge in [0.15, 0.2) is 11.6 Å². The van der Waals surface area contributed by atoms with Gasteiger partial charge in [0.1, 0.15) is 0 Å². The molecular weight excluding hydrogens is 359 g/mol. The summed E-state index contributed by atoms with van der Waals surface area (Å²) in [6.45, 7) is 3.72. The average molecular weight is 378 g/mol. The molecular formula is C14H19FN2O5S2. The highest BCUT2D eigenvalue weighted by molar-refractivity contribution is 7.92. The van der Waals surface area contributed by atoms with Gasteiger partial charge in [0.05, 0.1) is 12.0 Å². The standard InChI is InChI=1S/C14H19FN2O5S2/c1-3-23(18,19)16-9-11-6-7-17(10-11)24(20,21)12-4-5-14(22-2)13(15)8-12/h3-5,8,11,16H,1,6-7,9-10H2,2H3. The maximum absolute atomic E-state index is 13.7. The van der Waals surface area contributed by atoms with Crippen LogP contribution in [-0.4, -0.2) is 47.9 Å². The van der Waals surface area contributed by atoms with Crippen LogP contribution in [0, 0.1) is 11.7 Å². The van der Waals surface area contributed by atoms with Gasteiger partial charge in [-0.3, -0.25) is 0 Å². The predicted molar refractivity (Wildman–Crippen MR) is 86.9 cm³/mol. The Morgan fingerprint density at radius 1 is 1.42 bits per heavy atom. The van der Waals surface area contributed by atoms with Gasteiger partial charge in [0, 0.05) is 25.0 Å². The third-order valence-corrected chi connectivity index (χ3v) is 6.67. The van der Waals surface area contributed by atoms with Crippen LogP contribution in [0.2, 0.25) is 0 Å². The summed E-state index contributed by atoms with van der Waals surface area (Å²) in [5.74, 6) is -0.947. The lowest BCUT2D eigenvalue weighted by molar-refractivity contribution is 0.385. The van der Waals surface area contributed by atoms with E-state index in [9.17, 15) is 21.2 Å². The Kier molecular flexibility index (Phi) is 5.63. The normalized spacial score (nSPS) is 19.3. The lowest BCUT2D eigenvalue weighted by Crippen LogP contribution is -2.32. The molecule has 0 amide bonds. The van der Waals surface area contributed by atoms with E-state index in [0.29, 0.717) is 6.42 Å². The molecule has 0 radical (unpaired) electrons. The monoisotopic (exact) mass is 378 g/mol. The first-order valence-corrected chi connectivity index (χ1v) is 10.1. The first kappa shape index (κ1) is 18.8. The van der Waals surface area contributed by atoms with E-state index >= 15 is 0 Å². The van der Waals surface area contributed by atoms with Crippen LogP contribution >= 0.6 is 0 Å². The summed E-state index contributed by atoms with van der Waals surface area (Å²) in [4.78, 5) is -0.159. The van der Waals surface area contributed by atoms with E-state index in [1.54, 1.807) is 0 Å². The van der Waals surface area contributed by atoms with Gasteiger partial charge in [0.25, 0.3) is 0 Å². The molecule has 1 fully saturated rings. The zero-order valence-electron chi connectivity index (χ0n) is 13.1. The number of halogens is 1. The first-order valence-electron chi connectivity index (χ1n) is 7.15. The number of ether oxygens (including phenoxy) is 1. The molecule has 1 aromatic rings. The summed E-state index contributed by atoms with van der Waals surface area (Å²) in [7, 11) is -6.09. The first-order chi connectivity index (χ1) is 11.2. The summed E-state index contributed by atoms with van der Waals surface area (Å²) in [6, 6.07) is 3.46. The highest BCUT2D eigenvalue weighted by atomic mass is 32.2. The molecule has 0 saturated carbocycles. The van der Waals surface area contributed by atoms with E-state index in [1.165, 1.54) is 23.5 Å². The molecule has 0 aromatic heterocycles. The molecule has 2 rings (SSSR count). The third kappa shape index (κ3) is 4.12. The van der Waals surface area contributed by atoms with E-state index in [1.807, 2.05) is 0 Å². The van der Waals surface area contributed by atoms with Gasteiger partial charge < -0.3 is 4.74 Å². The molecule has 1 aliphatic rings. The Bertz CT molecular complexity index is 824. The number of nitrogens with zero attached hydrogens (tertiary/aromatic N) is 1. The SMILES string of the molecule is C=CS(=O)(=O)NCC1CCN(S(=O)(=O)c2ccc(OC)c(F)c2)C1. The largest absolute Gasteiger partial charge is 0.494 e. The van der Waals surface area contributed by atoms with E-state index in [2.05, 4.69) is 11.3 Å². The van der Waals surface area contributed by atoms with E-state index in [-0.39, 0.29) is 36.2 Å². The molecule has 10 heteroatoms. The summed E-state index contributed by atoms with van der Waals surface area (Å²) in [5.41, 5.74) is 0. The van der Waals surface area contributed by atoms with E-state index < -0.39 is 25.9 Å². The second-order valence-electron chi connectivity index (χ2n) is 5.37. The quantitative estimate of drug-likeness (QED) is 0.761. The number of hydrogen-bond donors (Lipinski definition) is 1. The molecule has 24 heavy (non-hydrogen) atoms. The fraction of sp³-hybridized carbons (Fsp3) is 0.429. The molecule has 1 heterocycles. The van der Waals surface area contributed by atoms with Crippen molar-refractivity contribution in [3.05, 3.63) is 36.0 Å². The highest BCUT2D eigenvalue weighted by Gasteiger charge is 2.33. The Morgan fingerprint density at radius 3 is 2.71 bits per heavy atom. The average Bonchev–Trinajstić information content (AvgIpc) is 3.03. The Hall–Kier alpha value is -1.49. The minimum Gasteiger partial charge on any atom is -0.494 e. The van der Waals surface area contributed by atoms with E-state index in [0.717, 1.165) is 11.5 Å². The fourth-order valence-corrected chi connectivity index (χ4v) is 4.56. The van der Waals surface area contributed by atoms with Gasteiger partial charge in [0.2, 0.25) is 20.0 Å². The molecule has 134 valence electrons. The van der Waals surface area contributed by atoms with Crippen LogP contribution in [0.3, 0.4) is 0 Å². The molecule has 0 bridgehead atoms. The van der Waals surface area contributed by atoms with Gasteiger partial charge in [-0.1, -0.05) is 6.58 Å². The van der Waals surface area contributed by atoms with Crippen molar-refractivity contribution in [2.75, 3.05) is 26.7 Å². The number of benzene rings is 1. The van der Waals surface area contributed by atoms with Gasteiger partial charge in [-0.05, 0) is 30.5 Å². The lowest BCUT2D eigenvalue weighted by atomic mass is 10.1. The fourth-order valence-electron chi connectivity index (χ4n) is 2.43. The van der Waals surface area contributed by atoms with Crippen molar-refractivity contribution >= 4 is 20.0 Å². The number of nitrogens with one attached hydrogen (secondary N) is 1. The Balaban J connectivity index is 2.09. The summed E-state index contributed by atoms with van der Waals surface area (Å²) in [5, 5.41) is 0.802. The number of methoxy groups -OCH3 is 1. The summed E-state index contributed by atoms with van der Waals surface area (Å²) in [6.07, 6.45) is 0.511. The second kappa shape index (κ2) is 7.18. The number of rotatable bonds is 7.